The van der Waals surface area contributed by atoms with Crippen LogP contribution in [0, 0.1) is 5.82 Å². The molecule has 1 saturated carbocycles. The van der Waals surface area contributed by atoms with Crippen LogP contribution in [0.4, 0.5) is 23.4 Å². The largest absolute Gasteiger partial charge is 0.480 e. The van der Waals surface area contributed by atoms with E-state index in [0.29, 0.717) is 30.2 Å². The Labute approximate surface area is 239 Å². The summed E-state index contributed by atoms with van der Waals surface area (Å²) in [5, 5.41) is 0. The molecule has 0 spiro atoms. The molecule has 1 atom stereocenters. The molecular weight excluding hydrogens is 554 g/mol. The summed E-state index contributed by atoms with van der Waals surface area (Å²) in [7, 11) is 1.51. The van der Waals surface area contributed by atoms with Crippen molar-refractivity contribution in [1.29, 1.82) is 0 Å². The fraction of sp³-hybridized carbons (Fsp3) is 0.414. The summed E-state index contributed by atoms with van der Waals surface area (Å²) in [5.74, 6) is 0.582. The van der Waals surface area contributed by atoms with Crippen LogP contribution in [-0.4, -0.2) is 56.4 Å². The van der Waals surface area contributed by atoms with E-state index in [0.717, 1.165) is 36.5 Å². The quantitative estimate of drug-likeness (QED) is 0.245. The van der Waals surface area contributed by atoms with E-state index in [9.17, 15) is 13.2 Å². The number of halogens is 4. The Bertz CT molecular complexity index is 1590. The summed E-state index contributed by atoms with van der Waals surface area (Å²) < 4.78 is 68.3. The predicted octanol–water partition coefficient (Wildman–Crippen LogP) is 6.00. The van der Waals surface area contributed by atoms with Crippen molar-refractivity contribution in [3.8, 4) is 28.7 Å². The second-order valence-corrected chi connectivity index (χ2v) is 10.6. The molecule has 1 aliphatic heterocycles. The van der Waals surface area contributed by atoms with Gasteiger partial charge in [-0.3, -0.25) is 0 Å². The molecule has 2 fully saturated rings. The van der Waals surface area contributed by atoms with Crippen molar-refractivity contribution in [3.63, 3.8) is 0 Å². The zero-order valence-electron chi connectivity index (χ0n) is 23.3. The molecule has 4 aromatic rings. The van der Waals surface area contributed by atoms with Gasteiger partial charge in [0.2, 0.25) is 5.88 Å². The fourth-order valence-corrected chi connectivity index (χ4v) is 5.22. The Morgan fingerprint density at radius 1 is 1.05 bits per heavy atom. The average Bonchev–Trinajstić information content (AvgIpc) is 3.73. The first-order valence-corrected chi connectivity index (χ1v) is 13.7. The van der Waals surface area contributed by atoms with E-state index in [-0.39, 0.29) is 36.0 Å². The van der Waals surface area contributed by atoms with E-state index in [1.807, 2.05) is 4.90 Å². The third-order valence-electron chi connectivity index (χ3n) is 7.48. The average molecular weight is 584 g/mol. The Kier molecular flexibility index (Phi) is 7.29. The lowest BCUT2D eigenvalue weighted by atomic mass is 10.0. The normalized spacial score (nSPS) is 17.6. The van der Waals surface area contributed by atoms with Crippen LogP contribution in [-0.2, 0) is 10.9 Å². The first-order chi connectivity index (χ1) is 20.2. The highest BCUT2D eigenvalue weighted by Gasteiger charge is 2.36. The molecule has 0 amide bonds. The van der Waals surface area contributed by atoms with Crippen LogP contribution >= 0.6 is 0 Å². The third-order valence-corrected chi connectivity index (χ3v) is 7.48. The van der Waals surface area contributed by atoms with Crippen LogP contribution in [0.2, 0.25) is 0 Å². The van der Waals surface area contributed by atoms with Crippen molar-refractivity contribution in [2.45, 2.75) is 50.9 Å². The Morgan fingerprint density at radius 2 is 1.81 bits per heavy atom. The van der Waals surface area contributed by atoms with Crippen LogP contribution < -0.4 is 9.64 Å². The molecule has 1 saturated heterocycles. The highest BCUT2D eigenvalue weighted by atomic mass is 19.4. The number of morpholine rings is 1. The SMILES string of the molecule is COc1ncnc(C2CC2)c1-c1ncc(F)c(N2CCOCC2c2ccc(-c3nc(C(F)(F)F)cn3C(C)C)cc2)n1. The number of benzene rings is 1. The first kappa shape index (κ1) is 28.0. The molecule has 1 aromatic carbocycles. The molecule has 220 valence electrons. The van der Waals surface area contributed by atoms with Gasteiger partial charge >= 0.3 is 6.18 Å². The van der Waals surface area contributed by atoms with Crippen LogP contribution in [0.3, 0.4) is 0 Å². The number of aromatic nitrogens is 6. The van der Waals surface area contributed by atoms with E-state index < -0.39 is 23.7 Å². The van der Waals surface area contributed by atoms with Gasteiger partial charge in [-0.05, 0) is 32.3 Å². The number of imidazole rings is 1. The van der Waals surface area contributed by atoms with Gasteiger partial charge in [-0.2, -0.15) is 13.2 Å². The van der Waals surface area contributed by atoms with Crippen LogP contribution in [0.1, 0.15) is 61.6 Å². The smallest absolute Gasteiger partial charge is 0.434 e. The number of rotatable bonds is 7. The van der Waals surface area contributed by atoms with Crippen LogP contribution in [0.25, 0.3) is 22.8 Å². The van der Waals surface area contributed by atoms with Crippen molar-refractivity contribution in [1.82, 2.24) is 29.5 Å². The second kappa shape index (κ2) is 10.9. The van der Waals surface area contributed by atoms with Crippen molar-refractivity contribution < 1.29 is 27.0 Å². The van der Waals surface area contributed by atoms with Crippen molar-refractivity contribution in [3.05, 3.63) is 65.8 Å². The van der Waals surface area contributed by atoms with Crippen molar-refractivity contribution in [2.24, 2.45) is 0 Å². The minimum Gasteiger partial charge on any atom is -0.480 e. The lowest BCUT2D eigenvalue weighted by Gasteiger charge is -2.37. The Morgan fingerprint density at radius 3 is 2.48 bits per heavy atom. The minimum absolute atomic E-state index is 0.107. The molecule has 0 radical (unpaired) electrons. The maximum Gasteiger partial charge on any atom is 0.434 e. The maximum absolute atomic E-state index is 15.3. The molecule has 1 aliphatic carbocycles. The molecule has 2 aliphatic rings. The third kappa shape index (κ3) is 5.28. The molecule has 4 heterocycles. The molecule has 42 heavy (non-hydrogen) atoms. The summed E-state index contributed by atoms with van der Waals surface area (Å²) >= 11 is 0. The van der Waals surface area contributed by atoms with Gasteiger partial charge in [0.15, 0.2) is 23.2 Å². The van der Waals surface area contributed by atoms with Gasteiger partial charge in [-0.25, -0.2) is 29.3 Å². The van der Waals surface area contributed by atoms with Gasteiger partial charge in [0.05, 0.1) is 38.3 Å². The van der Waals surface area contributed by atoms with Crippen LogP contribution in [0.15, 0.2) is 43.0 Å². The maximum atomic E-state index is 15.3. The topological polar surface area (TPSA) is 91.1 Å². The monoisotopic (exact) mass is 583 g/mol. The number of hydrogen-bond acceptors (Lipinski definition) is 8. The summed E-state index contributed by atoms with van der Waals surface area (Å²) in [4.78, 5) is 23.3. The van der Waals surface area contributed by atoms with E-state index in [1.165, 1.54) is 18.0 Å². The van der Waals surface area contributed by atoms with Gasteiger partial charge in [-0.15, -0.1) is 0 Å². The number of methoxy groups -OCH3 is 1. The molecule has 3 aromatic heterocycles. The Hall–Kier alpha value is -4.13. The van der Waals surface area contributed by atoms with E-state index >= 15 is 4.39 Å². The molecule has 6 rings (SSSR count). The minimum atomic E-state index is -4.55. The summed E-state index contributed by atoms with van der Waals surface area (Å²) in [6.45, 7) is 4.59. The van der Waals surface area contributed by atoms with E-state index in [1.54, 1.807) is 38.1 Å². The molecule has 13 heteroatoms. The molecular formula is C29H29F4N7O2. The zero-order valence-corrected chi connectivity index (χ0v) is 23.3. The lowest BCUT2D eigenvalue weighted by molar-refractivity contribution is -0.140. The van der Waals surface area contributed by atoms with Gasteiger partial charge < -0.3 is 18.9 Å². The van der Waals surface area contributed by atoms with Crippen molar-refractivity contribution in [2.75, 3.05) is 31.8 Å². The standard InChI is InChI=1S/C29H29F4N7O2/c1-16(2)40-13-22(29(31,32)33)37-26(40)19-8-4-17(5-9-19)21-14-42-11-10-39(21)27-20(30)12-34-25(38-27)23-24(18-6-7-18)35-15-36-28(23)41-3/h4-5,8-9,12-13,15-16,18,21H,6-7,10-11,14H2,1-3H3. The number of hydrogen-bond donors (Lipinski definition) is 0. The first-order valence-electron chi connectivity index (χ1n) is 13.7. The van der Waals surface area contributed by atoms with Gasteiger partial charge in [-0.1, -0.05) is 24.3 Å². The predicted molar refractivity (Wildman–Crippen MR) is 145 cm³/mol. The summed E-state index contributed by atoms with van der Waals surface area (Å²) in [6, 6.07) is 6.41. The van der Waals surface area contributed by atoms with Gasteiger partial charge in [0.1, 0.15) is 17.7 Å². The fourth-order valence-electron chi connectivity index (χ4n) is 5.22. The highest BCUT2D eigenvalue weighted by molar-refractivity contribution is 5.67. The van der Waals surface area contributed by atoms with Crippen molar-refractivity contribution >= 4 is 5.82 Å². The van der Waals surface area contributed by atoms with Gasteiger partial charge in [0, 0.05) is 30.3 Å². The molecule has 0 bridgehead atoms. The highest BCUT2D eigenvalue weighted by Crippen LogP contribution is 2.45. The number of alkyl halides is 3. The lowest BCUT2D eigenvalue weighted by Crippen LogP contribution is -2.40. The Balaban J connectivity index is 1.35. The van der Waals surface area contributed by atoms with E-state index in [2.05, 4.69) is 24.9 Å². The molecule has 9 nitrogen and oxygen atoms in total. The number of nitrogens with zero attached hydrogens (tertiary/aromatic N) is 7. The number of anilines is 1. The molecule has 0 N–H and O–H groups in total. The molecule has 1 unspecified atom stereocenters. The van der Waals surface area contributed by atoms with E-state index in [4.69, 9.17) is 9.47 Å². The summed E-state index contributed by atoms with van der Waals surface area (Å²) in [5.41, 5.74) is 1.71. The van der Waals surface area contributed by atoms with Gasteiger partial charge in [0.25, 0.3) is 0 Å². The second-order valence-electron chi connectivity index (χ2n) is 10.6. The van der Waals surface area contributed by atoms with Crippen LogP contribution in [0.5, 0.6) is 5.88 Å². The summed E-state index contributed by atoms with van der Waals surface area (Å²) in [6.07, 6.45) is 1.03. The zero-order chi connectivity index (χ0) is 29.6. The number of ether oxygens (including phenoxy) is 2.